The van der Waals surface area contributed by atoms with Gasteiger partial charge >= 0.3 is 5.97 Å². The maximum absolute atomic E-state index is 11.8. The van der Waals surface area contributed by atoms with Gasteiger partial charge in [-0.15, -0.1) is 0 Å². The molecule has 1 fully saturated rings. The number of amides is 1. The van der Waals surface area contributed by atoms with Crippen molar-refractivity contribution in [3.8, 4) is 0 Å². The second-order valence-corrected chi connectivity index (χ2v) is 5.17. The average Bonchev–Trinajstić information content (AvgIpc) is 2.85. The molecule has 1 unspecified atom stereocenters. The van der Waals surface area contributed by atoms with Crippen molar-refractivity contribution in [2.24, 2.45) is 5.92 Å². The van der Waals surface area contributed by atoms with E-state index >= 15 is 0 Å². The Hall–Kier alpha value is -1.10. The number of carbonyl (C=O) groups is 2. The van der Waals surface area contributed by atoms with Gasteiger partial charge in [-0.3, -0.25) is 4.79 Å². The number of ether oxygens (including phenoxy) is 1. The van der Waals surface area contributed by atoms with Crippen LogP contribution in [0.1, 0.15) is 39.5 Å². The van der Waals surface area contributed by atoms with Crippen molar-refractivity contribution < 1.29 is 14.3 Å². The van der Waals surface area contributed by atoms with E-state index in [0.29, 0.717) is 6.04 Å². The van der Waals surface area contributed by atoms with E-state index in [0.717, 1.165) is 12.8 Å². The first kappa shape index (κ1) is 15.0. The standard InChI is InChI=1S/C13H24N2O3/c1-9(2)12(13(17)18-3)15-11(16)8-14-10-6-4-5-7-10/h9-10,12,14H,4-8H2,1-3H3,(H,15,16). The van der Waals surface area contributed by atoms with Crippen LogP contribution < -0.4 is 10.6 Å². The smallest absolute Gasteiger partial charge is 0.328 e. The van der Waals surface area contributed by atoms with Gasteiger partial charge < -0.3 is 15.4 Å². The number of hydrogen-bond acceptors (Lipinski definition) is 4. The highest BCUT2D eigenvalue weighted by molar-refractivity contribution is 5.85. The molecule has 18 heavy (non-hydrogen) atoms. The van der Waals surface area contributed by atoms with Crippen LogP contribution in [0.3, 0.4) is 0 Å². The van der Waals surface area contributed by atoms with E-state index in [9.17, 15) is 9.59 Å². The number of carbonyl (C=O) groups excluding carboxylic acids is 2. The summed E-state index contributed by atoms with van der Waals surface area (Å²) in [6, 6.07) is -0.112. The molecule has 1 saturated carbocycles. The molecule has 0 aliphatic heterocycles. The molecule has 1 aliphatic carbocycles. The van der Waals surface area contributed by atoms with Gasteiger partial charge in [0.1, 0.15) is 6.04 Å². The summed E-state index contributed by atoms with van der Waals surface area (Å²) >= 11 is 0. The Kier molecular flexibility index (Phi) is 6.12. The second-order valence-electron chi connectivity index (χ2n) is 5.17. The Balaban J connectivity index is 2.33. The molecule has 5 nitrogen and oxygen atoms in total. The van der Waals surface area contributed by atoms with Gasteiger partial charge in [0.2, 0.25) is 5.91 Å². The van der Waals surface area contributed by atoms with Crippen molar-refractivity contribution in [1.82, 2.24) is 10.6 Å². The van der Waals surface area contributed by atoms with E-state index in [2.05, 4.69) is 15.4 Å². The monoisotopic (exact) mass is 256 g/mol. The molecule has 1 atom stereocenters. The lowest BCUT2D eigenvalue weighted by Gasteiger charge is -2.20. The molecule has 1 amide bonds. The Morgan fingerprint density at radius 1 is 1.28 bits per heavy atom. The van der Waals surface area contributed by atoms with Crippen LogP contribution in [0.5, 0.6) is 0 Å². The van der Waals surface area contributed by atoms with E-state index in [4.69, 9.17) is 0 Å². The highest BCUT2D eigenvalue weighted by Gasteiger charge is 2.25. The summed E-state index contributed by atoms with van der Waals surface area (Å²) in [5.74, 6) is -0.516. The van der Waals surface area contributed by atoms with Gasteiger partial charge in [0.25, 0.3) is 0 Å². The minimum absolute atomic E-state index is 0.0212. The minimum atomic E-state index is -0.562. The zero-order chi connectivity index (χ0) is 13.5. The number of hydrogen-bond donors (Lipinski definition) is 2. The van der Waals surface area contributed by atoms with Gasteiger partial charge in [-0.1, -0.05) is 26.7 Å². The van der Waals surface area contributed by atoms with Gasteiger partial charge in [0, 0.05) is 6.04 Å². The van der Waals surface area contributed by atoms with Crippen molar-refractivity contribution in [1.29, 1.82) is 0 Å². The largest absolute Gasteiger partial charge is 0.467 e. The van der Waals surface area contributed by atoms with E-state index in [1.165, 1.54) is 20.0 Å². The topological polar surface area (TPSA) is 67.4 Å². The summed E-state index contributed by atoms with van der Waals surface area (Å²) in [4.78, 5) is 23.2. The molecule has 1 rings (SSSR count). The number of methoxy groups -OCH3 is 1. The molecule has 0 saturated heterocycles. The zero-order valence-corrected chi connectivity index (χ0v) is 11.5. The molecule has 5 heteroatoms. The van der Waals surface area contributed by atoms with E-state index in [1.807, 2.05) is 13.8 Å². The van der Waals surface area contributed by atoms with Gasteiger partial charge in [0.15, 0.2) is 0 Å². The summed E-state index contributed by atoms with van der Waals surface area (Å²) in [7, 11) is 1.33. The molecule has 104 valence electrons. The molecule has 0 radical (unpaired) electrons. The third-order valence-electron chi connectivity index (χ3n) is 3.34. The maximum atomic E-state index is 11.8. The molecule has 1 aliphatic rings. The van der Waals surface area contributed by atoms with E-state index in [-0.39, 0.29) is 24.3 Å². The molecule has 0 bridgehead atoms. The summed E-state index contributed by atoms with van der Waals surface area (Å²) in [6.07, 6.45) is 4.74. The zero-order valence-electron chi connectivity index (χ0n) is 11.5. The third kappa shape index (κ3) is 4.64. The molecule has 2 N–H and O–H groups in total. The van der Waals surface area contributed by atoms with Crippen LogP contribution in [0, 0.1) is 5.92 Å². The predicted octanol–water partition coefficient (Wildman–Crippen LogP) is 0.832. The Labute approximate surface area is 109 Å². The van der Waals surface area contributed by atoms with Crippen molar-refractivity contribution >= 4 is 11.9 Å². The van der Waals surface area contributed by atoms with Crippen LogP contribution >= 0.6 is 0 Å². The maximum Gasteiger partial charge on any atom is 0.328 e. The SMILES string of the molecule is COC(=O)C(NC(=O)CNC1CCCC1)C(C)C. The number of rotatable bonds is 6. The highest BCUT2D eigenvalue weighted by Crippen LogP contribution is 2.17. The lowest BCUT2D eigenvalue weighted by Crippen LogP contribution is -2.48. The van der Waals surface area contributed by atoms with E-state index in [1.54, 1.807) is 0 Å². The average molecular weight is 256 g/mol. The van der Waals surface area contributed by atoms with Crippen LogP contribution in [0.25, 0.3) is 0 Å². The van der Waals surface area contributed by atoms with Crippen LogP contribution in [-0.4, -0.2) is 37.6 Å². The van der Waals surface area contributed by atoms with Gasteiger partial charge in [-0.2, -0.15) is 0 Å². The first-order valence-corrected chi connectivity index (χ1v) is 6.65. The van der Waals surface area contributed by atoms with Crippen LogP contribution in [0.15, 0.2) is 0 Å². The first-order chi connectivity index (χ1) is 8.54. The fourth-order valence-electron chi connectivity index (χ4n) is 2.22. The molecule has 0 aromatic carbocycles. The predicted molar refractivity (Wildman–Crippen MR) is 69.0 cm³/mol. The molecule has 0 aromatic rings. The van der Waals surface area contributed by atoms with Crippen LogP contribution in [0.2, 0.25) is 0 Å². The third-order valence-corrected chi connectivity index (χ3v) is 3.34. The van der Waals surface area contributed by atoms with Gasteiger partial charge in [-0.05, 0) is 18.8 Å². The van der Waals surface area contributed by atoms with Crippen LogP contribution in [0.4, 0.5) is 0 Å². The summed E-state index contributed by atoms with van der Waals surface area (Å²) in [5.41, 5.74) is 0. The van der Waals surface area contributed by atoms with E-state index < -0.39 is 6.04 Å². The van der Waals surface area contributed by atoms with Crippen molar-refractivity contribution in [2.75, 3.05) is 13.7 Å². The lowest BCUT2D eigenvalue weighted by molar-refractivity contribution is -0.146. The highest BCUT2D eigenvalue weighted by atomic mass is 16.5. The molecule has 0 spiro atoms. The van der Waals surface area contributed by atoms with Crippen molar-refractivity contribution in [2.45, 2.75) is 51.6 Å². The fraction of sp³-hybridized carbons (Fsp3) is 0.846. The Morgan fingerprint density at radius 2 is 1.89 bits per heavy atom. The summed E-state index contributed by atoms with van der Waals surface area (Å²) in [5, 5.41) is 5.93. The Morgan fingerprint density at radius 3 is 2.39 bits per heavy atom. The normalized spacial score (nSPS) is 17.8. The van der Waals surface area contributed by atoms with Crippen molar-refractivity contribution in [3.63, 3.8) is 0 Å². The number of nitrogens with one attached hydrogen (secondary N) is 2. The molecule has 0 aromatic heterocycles. The molecular weight excluding hydrogens is 232 g/mol. The summed E-state index contributed by atoms with van der Waals surface area (Å²) in [6.45, 7) is 4.03. The lowest BCUT2D eigenvalue weighted by atomic mass is 10.0. The number of esters is 1. The second kappa shape index (κ2) is 7.36. The van der Waals surface area contributed by atoms with Gasteiger partial charge in [-0.25, -0.2) is 4.79 Å². The van der Waals surface area contributed by atoms with Crippen LogP contribution in [-0.2, 0) is 14.3 Å². The van der Waals surface area contributed by atoms with Gasteiger partial charge in [0.05, 0.1) is 13.7 Å². The first-order valence-electron chi connectivity index (χ1n) is 6.65. The minimum Gasteiger partial charge on any atom is -0.467 e. The van der Waals surface area contributed by atoms with Crippen molar-refractivity contribution in [3.05, 3.63) is 0 Å². The fourth-order valence-corrected chi connectivity index (χ4v) is 2.22. The molecule has 0 heterocycles. The quantitative estimate of drug-likeness (QED) is 0.691. The Bertz CT molecular complexity index is 286. The molecular formula is C13H24N2O3. The summed E-state index contributed by atoms with van der Waals surface area (Å²) < 4.78 is 4.68.